The molecule has 0 atom stereocenters. The van der Waals surface area contributed by atoms with Gasteiger partial charge in [-0.25, -0.2) is 4.90 Å². The van der Waals surface area contributed by atoms with Crippen molar-refractivity contribution in [2.45, 2.75) is 0 Å². The minimum atomic E-state index is -0.545. The van der Waals surface area contributed by atoms with Gasteiger partial charge in [0, 0.05) is 22.7 Å². The molecule has 132 valence electrons. The molecule has 26 heavy (non-hydrogen) atoms. The fourth-order valence-corrected chi connectivity index (χ4v) is 3.33. The van der Waals surface area contributed by atoms with Gasteiger partial charge in [0.1, 0.15) is 5.75 Å². The zero-order valence-electron chi connectivity index (χ0n) is 13.3. The lowest BCUT2D eigenvalue weighted by Crippen LogP contribution is -2.27. The molecule has 2 amide bonds. The van der Waals surface area contributed by atoms with Gasteiger partial charge in [0.25, 0.3) is 16.8 Å². The molecule has 1 fully saturated rings. The van der Waals surface area contributed by atoms with Crippen molar-refractivity contribution in [1.29, 1.82) is 0 Å². The molecule has 0 N–H and O–H groups in total. The third-order valence-electron chi connectivity index (χ3n) is 3.59. The first-order chi connectivity index (χ1) is 12.4. The summed E-state index contributed by atoms with van der Waals surface area (Å²) in [7, 11) is 1.41. The number of nitro benzene ring substituents is 1. The van der Waals surface area contributed by atoms with Crippen molar-refractivity contribution in [3.05, 3.63) is 68.1 Å². The zero-order valence-corrected chi connectivity index (χ0v) is 14.9. The minimum Gasteiger partial charge on any atom is -0.496 e. The molecule has 7 nitrogen and oxygen atoms in total. The maximum Gasteiger partial charge on any atom is 0.298 e. The van der Waals surface area contributed by atoms with Crippen LogP contribution >= 0.6 is 23.4 Å². The molecule has 0 aliphatic carbocycles. The van der Waals surface area contributed by atoms with Gasteiger partial charge >= 0.3 is 0 Å². The van der Waals surface area contributed by atoms with Crippen molar-refractivity contribution < 1.29 is 19.2 Å². The van der Waals surface area contributed by atoms with Gasteiger partial charge in [-0.1, -0.05) is 11.6 Å². The van der Waals surface area contributed by atoms with E-state index in [2.05, 4.69) is 0 Å². The summed E-state index contributed by atoms with van der Waals surface area (Å²) >= 11 is 6.58. The van der Waals surface area contributed by atoms with E-state index in [0.29, 0.717) is 22.0 Å². The second-order valence-corrected chi connectivity index (χ2v) is 6.61. The fraction of sp³-hybridized carbons (Fsp3) is 0.0588. The first-order valence-corrected chi connectivity index (χ1v) is 8.46. The molecule has 0 spiro atoms. The van der Waals surface area contributed by atoms with Crippen molar-refractivity contribution in [2.75, 3.05) is 12.0 Å². The predicted octanol–water partition coefficient (Wildman–Crippen LogP) is 4.50. The van der Waals surface area contributed by atoms with Crippen LogP contribution in [0.1, 0.15) is 5.56 Å². The summed E-state index contributed by atoms with van der Waals surface area (Å²) in [6.45, 7) is 0. The second kappa shape index (κ2) is 7.19. The van der Waals surface area contributed by atoms with E-state index in [0.717, 1.165) is 16.7 Å². The zero-order chi connectivity index (χ0) is 18.8. The van der Waals surface area contributed by atoms with E-state index in [1.807, 2.05) is 0 Å². The Bertz CT molecular complexity index is 943. The topological polar surface area (TPSA) is 89.8 Å². The molecule has 0 bridgehead atoms. The van der Waals surface area contributed by atoms with E-state index < -0.39 is 16.1 Å². The lowest BCUT2D eigenvalue weighted by atomic mass is 10.1. The highest BCUT2D eigenvalue weighted by Gasteiger charge is 2.36. The Morgan fingerprint density at radius 1 is 1.19 bits per heavy atom. The highest BCUT2D eigenvalue weighted by atomic mass is 35.5. The van der Waals surface area contributed by atoms with Gasteiger partial charge in [-0.15, -0.1) is 0 Å². The first kappa shape index (κ1) is 18.0. The van der Waals surface area contributed by atoms with Gasteiger partial charge in [0.15, 0.2) is 0 Å². The summed E-state index contributed by atoms with van der Waals surface area (Å²) < 4.78 is 5.18. The SMILES string of the molecule is COc1ccc([N+](=O)[O-])cc1/C=C1\SC(=O)N(c2ccc(Cl)cc2)C1=O. The number of nitro groups is 1. The second-order valence-electron chi connectivity index (χ2n) is 5.18. The first-order valence-electron chi connectivity index (χ1n) is 7.26. The maximum atomic E-state index is 12.6. The number of hydrogen-bond acceptors (Lipinski definition) is 6. The molecule has 3 rings (SSSR count). The fourth-order valence-electron chi connectivity index (χ4n) is 2.37. The Kier molecular flexibility index (Phi) is 4.97. The lowest BCUT2D eigenvalue weighted by molar-refractivity contribution is -0.384. The number of nitrogens with zero attached hydrogens (tertiary/aromatic N) is 2. The molecule has 0 aromatic heterocycles. The number of carbonyl (C=O) groups excluding carboxylic acids is 2. The number of methoxy groups -OCH3 is 1. The van der Waals surface area contributed by atoms with Crippen LogP contribution in [0.2, 0.25) is 5.02 Å². The summed E-state index contributed by atoms with van der Waals surface area (Å²) in [5, 5.41) is 11.0. The number of hydrogen-bond donors (Lipinski definition) is 0. The number of rotatable bonds is 4. The van der Waals surface area contributed by atoms with Crippen LogP contribution in [0.25, 0.3) is 6.08 Å². The van der Waals surface area contributed by atoms with Crippen molar-refractivity contribution >= 4 is 52.0 Å². The van der Waals surface area contributed by atoms with Gasteiger partial charge in [-0.2, -0.15) is 0 Å². The Hall–Kier alpha value is -2.84. The molecule has 1 saturated heterocycles. The van der Waals surface area contributed by atoms with Crippen LogP contribution in [0, 0.1) is 10.1 Å². The van der Waals surface area contributed by atoms with Gasteiger partial charge in [-0.05, 0) is 48.2 Å². The van der Waals surface area contributed by atoms with E-state index >= 15 is 0 Å². The Labute approximate surface area is 157 Å². The number of halogens is 1. The monoisotopic (exact) mass is 390 g/mol. The van der Waals surface area contributed by atoms with Gasteiger partial charge in [-0.3, -0.25) is 19.7 Å². The molecule has 9 heteroatoms. The van der Waals surface area contributed by atoms with E-state index in [4.69, 9.17) is 16.3 Å². The number of non-ortho nitro benzene ring substituents is 1. The lowest BCUT2D eigenvalue weighted by Gasteiger charge is -2.12. The number of ether oxygens (including phenoxy) is 1. The number of carbonyl (C=O) groups is 2. The van der Waals surface area contributed by atoms with E-state index in [9.17, 15) is 19.7 Å². The molecule has 2 aromatic rings. The predicted molar refractivity (Wildman–Crippen MR) is 99.6 cm³/mol. The molecule has 1 heterocycles. The molecule has 0 unspecified atom stereocenters. The highest BCUT2D eigenvalue weighted by Crippen LogP contribution is 2.37. The number of thioether (sulfide) groups is 1. The number of amides is 2. The number of benzene rings is 2. The van der Waals surface area contributed by atoms with Gasteiger partial charge in [0.2, 0.25) is 0 Å². The van der Waals surface area contributed by atoms with Crippen LogP contribution in [0.4, 0.5) is 16.2 Å². The minimum absolute atomic E-state index is 0.142. The normalized spacial score (nSPS) is 15.6. The molecular weight excluding hydrogens is 380 g/mol. The summed E-state index contributed by atoms with van der Waals surface area (Å²) in [6.07, 6.45) is 1.41. The van der Waals surface area contributed by atoms with Crippen LogP contribution in [-0.2, 0) is 4.79 Å². The average Bonchev–Trinajstić information content (AvgIpc) is 2.89. The van der Waals surface area contributed by atoms with Crippen LogP contribution in [0.15, 0.2) is 47.4 Å². The van der Waals surface area contributed by atoms with Crippen molar-refractivity contribution in [2.24, 2.45) is 0 Å². The van der Waals surface area contributed by atoms with Crippen molar-refractivity contribution in [3.63, 3.8) is 0 Å². The summed E-state index contributed by atoms with van der Waals surface area (Å²) in [6, 6.07) is 10.3. The summed E-state index contributed by atoms with van der Waals surface area (Å²) in [5.41, 5.74) is 0.587. The van der Waals surface area contributed by atoms with Gasteiger partial charge < -0.3 is 4.74 Å². The molecular formula is C17H11ClN2O5S. The van der Waals surface area contributed by atoms with Crippen LogP contribution in [0.5, 0.6) is 5.75 Å². The average molecular weight is 391 g/mol. The summed E-state index contributed by atoms with van der Waals surface area (Å²) in [4.78, 5) is 36.5. The number of anilines is 1. The molecule has 1 aliphatic heterocycles. The van der Waals surface area contributed by atoms with Crippen LogP contribution in [-0.4, -0.2) is 23.2 Å². The quantitative estimate of drug-likeness (QED) is 0.434. The standard InChI is InChI=1S/C17H11ClN2O5S/c1-25-14-7-6-13(20(23)24)8-10(14)9-15-16(21)19(17(22)26-15)12-4-2-11(18)3-5-12/h2-9H,1H3/b15-9-. The highest BCUT2D eigenvalue weighted by molar-refractivity contribution is 8.19. The smallest absolute Gasteiger partial charge is 0.298 e. The third kappa shape index (κ3) is 3.42. The maximum absolute atomic E-state index is 12.6. The van der Waals surface area contributed by atoms with Crippen LogP contribution in [0.3, 0.4) is 0 Å². The Morgan fingerprint density at radius 2 is 1.88 bits per heavy atom. The third-order valence-corrected chi connectivity index (χ3v) is 4.71. The van der Waals surface area contributed by atoms with E-state index in [1.165, 1.54) is 31.4 Å². The van der Waals surface area contributed by atoms with Crippen LogP contribution < -0.4 is 9.64 Å². The molecule has 1 aliphatic rings. The molecule has 0 saturated carbocycles. The van der Waals surface area contributed by atoms with Crippen molar-refractivity contribution in [3.8, 4) is 5.75 Å². The number of imide groups is 1. The Morgan fingerprint density at radius 3 is 2.50 bits per heavy atom. The van der Waals surface area contributed by atoms with E-state index in [-0.39, 0.29) is 10.6 Å². The largest absolute Gasteiger partial charge is 0.496 e. The van der Waals surface area contributed by atoms with Gasteiger partial charge in [0.05, 0.1) is 22.6 Å². The van der Waals surface area contributed by atoms with Crippen molar-refractivity contribution in [1.82, 2.24) is 0 Å². The molecule has 0 radical (unpaired) electrons. The summed E-state index contributed by atoms with van der Waals surface area (Å²) in [5.74, 6) is -0.162. The van der Waals surface area contributed by atoms with E-state index in [1.54, 1.807) is 24.3 Å². The molecule has 2 aromatic carbocycles. The Balaban J connectivity index is 1.99.